The molecule has 19 heavy (non-hydrogen) atoms. The second-order valence-electron chi connectivity index (χ2n) is 3.98. The maximum atomic E-state index is 11.3. The minimum Gasteiger partial charge on any atom is -0.497 e. The average molecular weight is 274 g/mol. The number of H-pyrrole nitrogens is 1. The van der Waals surface area contributed by atoms with Crippen LogP contribution < -0.4 is 15.3 Å². The highest BCUT2D eigenvalue weighted by molar-refractivity contribution is 7.12. The van der Waals surface area contributed by atoms with E-state index in [1.165, 1.54) is 0 Å². The number of aromatic nitrogens is 1. The number of nitrogens with zero attached hydrogens (tertiary/aromatic N) is 1. The third-order valence-electron chi connectivity index (χ3n) is 2.85. The van der Waals surface area contributed by atoms with Crippen LogP contribution in [0.2, 0.25) is 0 Å². The molecule has 0 atom stereocenters. The molecule has 0 amide bonds. The zero-order valence-electron chi connectivity index (χ0n) is 9.98. The summed E-state index contributed by atoms with van der Waals surface area (Å²) in [5.41, 5.74) is 7.77. The van der Waals surface area contributed by atoms with Gasteiger partial charge in [-0.05, 0) is 18.2 Å². The van der Waals surface area contributed by atoms with Crippen molar-refractivity contribution in [3.05, 3.63) is 43.9 Å². The Labute approximate surface area is 112 Å². The van der Waals surface area contributed by atoms with Gasteiger partial charge < -0.3 is 10.5 Å². The van der Waals surface area contributed by atoms with E-state index in [4.69, 9.17) is 15.9 Å². The van der Waals surface area contributed by atoms with Gasteiger partial charge in [0.1, 0.15) is 11.6 Å². The van der Waals surface area contributed by atoms with Crippen molar-refractivity contribution in [2.75, 3.05) is 12.8 Å². The number of amidine groups is 1. The van der Waals surface area contributed by atoms with Crippen molar-refractivity contribution in [2.24, 2.45) is 4.99 Å². The number of hydrogen-bond donors (Lipinski definition) is 3. The van der Waals surface area contributed by atoms with Gasteiger partial charge in [-0.3, -0.25) is 15.2 Å². The Morgan fingerprint density at radius 3 is 2.84 bits per heavy atom. The predicted octanol–water partition coefficient (Wildman–Crippen LogP) is 1.20. The zero-order chi connectivity index (χ0) is 13.6. The molecule has 0 fully saturated rings. The zero-order valence-corrected chi connectivity index (χ0v) is 10.8. The lowest BCUT2D eigenvalue weighted by Gasteiger charge is -2.04. The molecule has 0 unspecified atom stereocenters. The van der Waals surface area contributed by atoms with Crippen molar-refractivity contribution in [2.45, 2.75) is 0 Å². The van der Waals surface area contributed by atoms with Crippen molar-refractivity contribution in [3.8, 4) is 5.75 Å². The summed E-state index contributed by atoms with van der Waals surface area (Å²) in [4.78, 5) is 18.4. The minimum atomic E-state index is -0.238. The predicted molar refractivity (Wildman–Crippen MR) is 74.8 cm³/mol. The SMILES string of the molecule is COc1ccc2c(c1)C(c1sc(=O)[nH]c1N)=NC2=N. The number of aromatic amines is 1. The van der Waals surface area contributed by atoms with Crippen LogP contribution in [-0.4, -0.2) is 23.6 Å². The fraction of sp³-hybridized carbons (Fsp3) is 0.0833. The van der Waals surface area contributed by atoms with Crippen LogP contribution in [0.25, 0.3) is 0 Å². The Morgan fingerprint density at radius 2 is 2.21 bits per heavy atom. The highest BCUT2D eigenvalue weighted by Crippen LogP contribution is 2.29. The average Bonchev–Trinajstić information content (AvgIpc) is 2.89. The van der Waals surface area contributed by atoms with E-state index in [1.807, 2.05) is 0 Å². The lowest BCUT2D eigenvalue weighted by atomic mass is 10.0. The number of anilines is 1. The molecule has 1 aliphatic heterocycles. The summed E-state index contributed by atoms with van der Waals surface area (Å²) in [7, 11) is 1.57. The summed E-state index contributed by atoms with van der Waals surface area (Å²) in [6.07, 6.45) is 0. The number of thiazole rings is 1. The summed E-state index contributed by atoms with van der Waals surface area (Å²) in [5, 5.41) is 7.86. The molecule has 0 aliphatic carbocycles. The van der Waals surface area contributed by atoms with Crippen LogP contribution in [0.1, 0.15) is 16.0 Å². The van der Waals surface area contributed by atoms with Crippen LogP contribution in [0.4, 0.5) is 5.82 Å². The van der Waals surface area contributed by atoms with E-state index >= 15 is 0 Å². The largest absolute Gasteiger partial charge is 0.497 e. The molecule has 96 valence electrons. The molecule has 0 spiro atoms. The molecule has 1 aromatic heterocycles. The van der Waals surface area contributed by atoms with Gasteiger partial charge in [0.2, 0.25) is 0 Å². The highest BCUT2D eigenvalue weighted by atomic mass is 32.1. The fourth-order valence-corrected chi connectivity index (χ4v) is 2.73. The number of hydrogen-bond acceptors (Lipinski definition) is 5. The third kappa shape index (κ3) is 1.75. The van der Waals surface area contributed by atoms with Crippen molar-refractivity contribution < 1.29 is 4.74 Å². The van der Waals surface area contributed by atoms with Crippen LogP contribution >= 0.6 is 11.3 Å². The molecule has 4 N–H and O–H groups in total. The summed E-state index contributed by atoms with van der Waals surface area (Å²) >= 11 is 0.986. The van der Waals surface area contributed by atoms with E-state index in [2.05, 4.69) is 9.98 Å². The third-order valence-corrected chi connectivity index (χ3v) is 3.76. The maximum Gasteiger partial charge on any atom is 0.306 e. The van der Waals surface area contributed by atoms with Crippen LogP contribution in [-0.2, 0) is 0 Å². The lowest BCUT2D eigenvalue weighted by molar-refractivity contribution is 0.414. The first kappa shape index (κ1) is 11.7. The number of nitrogens with one attached hydrogen (secondary N) is 2. The minimum absolute atomic E-state index is 0.160. The van der Waals surface area contributed by atoms with Gasteiger partial charge in [-0.25, -0.2) is 4.99 Å². The number of fused-ring (bicyclic) bond motifs is 1. The topological polar surface area (TPSA) is 104 Å². The molecule has 0 saturated heterocycles. The van der Waals surface area contributed by atoms with E-state index in [0.29, 0.717) is 21.9 Å². The molecule has 0 bridgehead atoms. The summed E-state index contributed by atoms with van der Waals surface area (Å²) < 4.78 is 5.17. The molecule has 1 aliphatic rings. The summed E-state index contributed by atoms with van der Waals surface area (Å²) in [6.45, 7) is 0. The normalized spacial score (nSPS) is 13.3. The monoisotopic (exact) mass is 274 g/mol. The molecule has 1 aromatic carbocycles. The Balaban J connectivity index is 2.21. The van der Waals surface area contributed by atoms with Crippen LogP contribution in [0.3, 0.4) is 0 Å². The Bertz CT molecular complexity index is 772. The number of methoxy groups -OCH3 is 1. The van der Waals surface area contributed by atoms with E-state index in [-0.39, 0.29) is 16.5 Å². The molecule has 0 radical (unpaired) electrons. The van der Waals surface area contributed by atoms with Gasteiger partial charge in [0, 0.05) is 11.1 Å². The Kier molecular flexibility index (Phi) is 2.49. The smallest absolute Gasteiger partial charge is 0.306 e. The van der Waals surface area contributed by atoms with Crippen molar-refractivity contribution >= 4 is 28.7 Å². The standard InChI is InChI=1S/C12H10N4O2S/c1-18-5-2-3-6-7(4-5)8(15-10(6)13)9-11(14)16-12(17)19-9/h2-4,13H,14H2,1H3,(H,16,17). The number of rotatable bonds is 2. The molecule has 0 saturated carbocycles. The molecule has 2 aromatic rings. The van der Waals surface area contributed by atoms with Crippen molar-refractivity contribution in [1.82, 2.24) is 4.98 Å². The van der Waals surface area contributed by atoms with Gasteiger partial charge in [-0.2, -0.15) is 0 Å². The van der Waals surface area contributed by atoms with Gasteiger partial charge in [0.05, 0.1) is 17.7 Å². The van der Waals surface area contributed by atoms with E-state index < -0.39 is 0 Å². The van der Waals surface area contributed by atoms with Crippen molar-refractivity contribution in [3.63, 3.8) is 0 Å². The van der Waals surface area contributed by atoms with Gasteiger partial charge >= 0.3 is 4.87 Å². The number of benzene rings is 1. The van der Waals surface area contributed by atoms with E-state index in [9.17, 15) is 4.79 Å². The van der Waals surface area contributed by atoms with E-state index in [1.54, 1.807) is 25.3 Å². The maximum absolute atomic E-state index is 11.3. The van der Waals surface area contributed by atoms with Gasteiger partial charge in [-0.15, -0.1) is 0 Å². The van der Waals surface area contributed by atoms with Gasteiger partial charge in [-0.1, -0.05) is 11.3 Å². The van der Waals surface area contributed by atoms with Gasteiger partial charge in [0.25, 0.3) is 0 Å². The highest BCUT2D eigenvalue weighted by Gasteiger charge is 2.25. The second-order valence-corrected chi connectivity index (χ2v) is 4.96. The summed E-state index contributed by atoms with van der Waals surface area (Å²) in [6, 6.07) is 5.34. The number of ether oxygens (including phenoxy) is 1. The van der Waals surface area contributed by atoms with Gasteiger partial charge in [0.15, 0.2) is 5.84 Å². The number of nitrogens with two attached hydrogens (primary N) is 1. The first-order valence-corrected chi connectivity index (χ1v) is 6.27. The number of aliphatic imine (C=N–C) groups is 1. The molecule has 2 heterocycles. The summed E-state index contributed by atoms with van der Waals surface area (Å²) in [5.74, 6) is 1.10. The molecule has 3 rings (SSSR count). The van der Waals surface area contributed by atoms with Crippen molar-refractivity contribution in [1.29, 1.82) is 5.41 Å². The number of nitrogen functional groups attached to an aromatic ring is 1. The molecular formula is C12H10N4O2S. The second kappa shape index (κ2) is 4.06. The Hall–Kier alpha value is -2.41. The first-order valence-electron chi connectivity index (χ1n) is 5.45. The quantitative estimate of drug-likeness (QED) is 0.766. The molecule has 6 nitrogen and oxygen atoms in total. The molecule has 7 heteroatoms. The lowest BCUT2D eigenvalue weighted by Crippen LogP contribution is -2.02. The van der Waals surface area contributed by atoms with Crippen LogP contribution in [0, 0.1) is 5.41 Å². The molecular weight excluding hydrogens is 264 g/mol. The van der Waals surface area contributed by atoms with Crippen LogP contribution in [0.5, 0.6) is 5.75 Å². The van der Waals surface area contributed by atoms with E-state index in [0.717, 1.165) is 16.9 Å². The fourth-order valence-electron chi connectivity index (χ4n) is 1.97. The first-order chi connectivity index (χ1) is 9.10. The van der Waals surface area contributed by atoms with Crippen LogP contribution in [0.15, 0.2) is 28.0 Å². The Morgan fingerprint density at radius 1 is 1.42 bits per heavy atom.